The molecule has 0 heterocycles. The number of carbonyl (C=O) groups is 1. The van der Waals surface area contributed by atoms with Crippen LogP contribution in [-0.4, -0.2) is 5.91 Å². The Balaban J connectivity index is 1.96. The van der Waals surface area contributed by atoms with Gasteiger partial charge in [-0.15, -0.1) is 0 Å². The van der Waals surface area contributed by atoms with Gasteiger partial charge in [0.2, 0.25) is 5.91 Å². The van der Waals surface area contributed by atoms with Gasteiger partial charge >= 0.3 is 0 Å². The van der Waals surface area contributed by atoms with Crippen molar-refractivity contribution < 1.29 is 4.79 Å². The van der Waals surface area contributed by atoms with Crippen LogP contribution in [0, 0.1) is 0 Å². The zero-order chi connectivity index (χ0) is 12.8. The van der Waals surface area contributed by atoms with Crippen LogP contribution in [0.4, 0.5) is 5.69 Å². The van der Waals surface area contributed by atoms with Gasteiger partial charge in [0.15, 0.2) is 0 Å². The van der Waals surface area contributed by atoms with Crippen LogP contribution in [0.1, 0.15) is 37.7 Å². The molecule has 0 unspecified atom stereocenters. The molecule has 0 atom stereocenters. The molecule has 1 aliphatic rings. The van der Waals surface area contributed by atoms with Crippen molar-refractivity contribution in [2.75, 3.05) is 5.32 Å². The minimum atomic E-state index is 0.0593. The van der Waals surface area contributed by atoms with Crippen LogP contribution in [0.15, 0.2) is 35.9 Å². The fourth-order valence-electron chi connectivity index (χ4n) is 2.29. The summed E-state index contributed by atoms with van der Waals surface area (Å²) in [6, 6.07) is 7.68. The van der Waals surface area contributed by atoms with E-state index in [0.29, 0.717) is 13.0 Å². The molecular weight excluding hydrogens is 224 g/mol. The molecule has 0 aromatic heterocycles. The summed E-state index contributed by atoms with van der Waals surface area (Å²) in [6.07, 6.45) is 7.35. The lowest BCUT2D eigenvalue weighted by atomic mass is 9.97. The van der Waals surface area contributed by atoms with Crippen LogP contribution in [0.2, 0.25) is 0 Å². The lowest BCUT2D eigenvalue weighted by Gasteiger charge is -2.13. The van der Waals surface area contributed by atoms with Crippen LogP contribution in [-0.2, 0) is 11.3 Å². The maximum absolute atomic E-state index is 12.0. The van der Waals surface area contributed by atoms with E-state index < -0.39 is 0 Å². The monoisotopic (exact) mass is 244 g/mol. The second kappa shape index (κ2) is 6.36. The van der Waals surface area contributed by atoms with E-state index in [2.05, 4.69) is 11.4 Å². The fourth-order valence-corrected chi connectivity index (χ4v) is 2.29. The molecule has 96 valence electrons. The van der Waals surface area contributed by atoms with Gasteiger partial charge < -0.3 is 11.1 Å². The van der Waals surface area contributed by atoms with Gasteiger partial charge in [0.1, 0.15) is 0 Å². The van der Waals surface area contributed by atoms with Gasteiger partial charge in [-0.1, -0.05) is 29.8 Å². The zero-order valence-corrected chi connectivity index (χ0v) is 10.6. The van der Waals surface area contributed by atoms with Crippen molar-refractivity contribution in [2.24, 2.45) is 5.73 Å². The van der Waals surface area contributed by atoms with Crippen LogP contribution >= 0.6 is 0 Å². The minimum Gasteiger partial charge on any atom is -0.326 e. The molecule has 18 heavy (non-hydrogen) atoms. The van der Waals surface area contributed by atoms with Gasteiger partial charge in [-0.3, -0.25) is 4.79 Å². The highest BCUT2D eigenvalue weighted by atomic mass is 16.1. The normalized spacial score (nSPS) is 15.1. The van der Waals surface area contributed by atoms with Crippen molar-refractivity contribution in [1.82, 2.24) is 0 Å². The number of anilines is 1. The average Bonchev–Trinajstić information content (AvgIpc) is 2.40. The average molecular weight is 244 g/mol. The number of para-hydroxylation sites is 1. The van der Waals surface area contributed by atoms with Gasteiger partial charge in [0, 0.05) is 18.7 Å². The van der Waals surface area contributed by atoms with E-state index in [9.17, 15) is 4.79 Å². The predicted octanol–water partition coefficient (Wildman–Crippen LogP) is 2.97. The Hall–Kier alpha value is -1.61. The third kappa shape index (κ3) is 3.44. The van der Waals surface area contributed by atoms with Crippen molar-refractivity contribution in [3.8, 4) is 0 Å². The van der Waals surface area contributed by atoms with E-state index in [-0.39, 0.29) is 5.91 Å². The quantitative estimate of drug-likeness (QED) is 0.800. The summed E-state index contributed by atoms with van der Waals surface area (Å²) in [6.45, 7) is 0.444. The van der Waals surface area contributed by atoms with E-state index in [1.54, 1.807) is 0 Å². The molecule has 0 spiro atoms. The first-order valence-electron chi connectivity index (χ1n) is 6.55. The lowest BCUT2D eigenvalue weighted by molar-refractivity contribution is -0.115. The second-order valence-corrected chi connectivity index (χ2v) is 4.69. The number of amides is 1. The second-order valence-electron chi connectivity index (χ2n) is 4.69. The van der Waals surface area contributed by atoms with Crippen LogP contribution in [0.3, 0.4) is 0 Å². The van der Waals surface area contributed by atoms with E-state index in [0.717, 1.165) is 24.1 Å². The summed E-state index contributed by atoms with van der Waals surface area (Å²) in [4.78, 5) is 12.0. The number of allylic oxidation sites excluding steroid dienone is 1. The number of hydrogen-bond acceptors (Lipinski definition) is 2. The van der Waals surface area contributed by atoms with E-state index in [1.807, 2.05) is 24.3 Å². The Bertz CT molecular complexity index is 452. The Morgan fingerprint density at radius 3 is 2.83 bits per heavy atom. The van der Waals surface area contributed by atoms with Crippen molar-refractivity contribution >= 4 is 11.6 Å². The van der Waals surface area contributed by atoms with Crippen molar-refractivity contribution in [1.29, 1.82) is 0 Å². The topological polar surface area (TPSA) is 55.1 Å². The molecular formula is C15H20N2O. The van der Waals surface area contributed by atoms with Gasteiger partial charge in [-0.25, -0.2) is 0 Å². The molecule has 2 rings (SSSR count). The third-order valence-corrected chi connectivity index (χ3v) is 3.28. The summed E-state index contributed by atoms with van der Waals surface area (Å²) in [5, 5.41) is 2.95. The molecule has 1 aromatic rings. The fraction of sp³-hybridized carbons (Fsp3) is 0.400. The summed E-state index contributed by atoms with van der Waals surface area (Å²) in [7, 11) is 0. The molecule has 0 fully saturated rings. The number of carbonyl (C=O) groups excluding carboxylic acids is 1. The summed E-state index contributed by atoms with van der Waals surface area (Å²) in [5.74, 6) is 0.0593. The standard InChI is InChI=1S/C15H20N2O/c16-11-13-8-4-5-9-14(13)17-15(18)10-12-6-2-1-3-7-12/h4-6,8-9H,1-3,7,10-11,16H2,(H,17,18). The molecule has 0 aliphatic heterocycles. The molecule has 1 aliphatic carbocycles. The highest BCUT2D eigenvalue weighted by molar-refractivity contribution is 5.93. The van der Waals surface area contributed by atoms with Crippen LogP contribution < -0.4 is 11.1 Å². The Kier molecular flexibility index (Phi) is 4.53. The number of nitrogens with one attached hydrogen (secondary N) is 1. The molecule has 0 bridgehead atoms. The van der Waals surface area contributed by atoms with Gasteiger partial charge in [-0.2, -0.15) is 0 Å². The molecule has 3 N–H and O–H groups in total. The largest absolute Gasteiger partial charge is 0.326 e. The lowest BCUT2D eigenvalue weighted by Crippen LogP contribution is -2.15. The number of benzene rings is 1. The highest BCUT2D eigenvalue weighted by Crippen LogP contribution is 2.21. The summed E-state index contributed by atoms with van der Waals surface area (Å²) < 4.78 is 0. The minimum absolute atomic E-state index is 0.0593. The van der Waals surface area contributed by atoms with Gasteiger partial charge in [-0.05, 0) is 37.3 Å². The first kappa shape index (κ1) is 12.8. The molecule has 3 nitrogen and oxygen atoms in total. The van der Waals surface area contributed by atoms with Crippen molar-refractivity contribution in [3.63, 3.8) is 0 Å². The van der Waals surface area contributed by atoms with E-state index in [1.165, 1.54) is 18.4 Å². The highest BCUT2D eigenvalue weighted by Gasteiger charge is 2.10. The Morgan fingerprint density at radius 2 is 2.11 bits per heavy atom. The Morgan fingerprint density at radius 1 is 1.28 bits per heavy atom. The molecule has 3 heteroatoms. The number of hydrogen-bond donors (Lipinski definition) is 2. The maximum atomic E-state index is 12.0. The van der Waals surface area contributed by atoms with Crippen LogP contribution in [0.5, 0.6) is 0 Å². The van der Waals surface area contributed by atoms with Crippen LogP contribution in [0.25, 0.3) is 0 Å². The predicted molar refractivity (Wildman–Crippen MR) is 74.1 cm³/mol. The third-order valence-electron chi connectivity index (χ3n) is 3.28. The van der Waals surface area contributed by atoms with E-state index >= 15 is 0 Å². The van der Waals surface area contributed by atoms with E-state index in [4.69, 9.17) is 5.73 Å². The van der Waals surface area contributed by atoms with Gasteiger partial charge in [0.25, 0.3) is 0 Å². The molecule has 0 saturated carbocycles. The first-order valence-corrected chi connectivity index (χ1v) is 6.55. The summed E-state index contributed by atoms with van der Waals surface area (Å²) in [5.41, 5.74) is 8.73. The first-order chi connectivity index (χ1) is 8.79. The van der Waals surface area contributed by atoms with Crippen molar-refractivity contribution in [2.45, 2.75) is 38.6 Å². The van der Waals surface area contributed by atoms with Gasteiger partial charge in [0.05, 0.1) is 0 Å². The zero-order valence-electron chi connectivity index (χ0n) is 10.6. The Labute approximate surface area is 108 Å². The maximum Gasteiger partial charge on any atom is 0.228 e. The SMILES string of the molecule is NCc1ccccc1NC(=O)CC1=CCCCC1. The smallest absolute Gasteiger partial charge is 0.228 e. The number of nitrogens with two attached hydrogens (primary N) is 1. The number of rotatable bonds is 4. The molecule has 0 saturated heterocycles. The van der Waals surface area contributed by atoms with Crippen molar-refractivity contribution in [3.05, 3.63) is 41.5 Å². The molecule has 1 amide bonds. The summed E-state index contributed by atoms with van der Waals surface area (Å²) >= 11 is 0. The molecule has 1 aromatic carbocycles. The molecule has 0 radical (unpaired) electrons.